The van der Waals surface area contributed by atoms with E-state index in [1.165, 1.54) is 30.3 Å². The maximum atomic E-state index is 12.1. The molecule has 0 fully saturated rings. The van der Waals surface area contributed by atoms with Gasteiger partial charge in [-0.15, -0.1) is 0 Å². The summed E-state index contributed by atoms with van der Waals surface area (Å²) in [5.41, 5.74) is -0.498. The fourth-order valence-corrected chi connectivity index (χ4v) is 2.08. The molecule has 0 amide bonds. The quantitative estimate of drug-likeness (QED) is 0.540. The predicted molar refractivity (Wildman–Crippen MR) is 87.5 cm³/mol. The average molecular weight is 332 g/mol. The van der Waals surface area contributed by atoms with Crippen LogP contribution < -0.4 is 5.43 Å². The maximum Gasteiger partial charge on any atom is 0.238 e. The first-order valence-electron chi connectivity index (χ1n) is 6.80. The summed E-state index contributed by atoms with van der Waals surface area (Å²) < 4.78 is 9.66. The van der Waals surface area contributed by atoms with E-state index in [9.17, 15) is 25.2 Å². The maximum absolute atomic E-state index is 12.1. The lowest BCUT2D eigenvalue weighted by molar-refractivity contribution is 0.277. The second kappa shape index (κ2) is 6.93. The zero-order valence-electron chi connectivity index (χ0n) is 13.0. The van der Waals surface area contributed by atoms with Gasteiger partial charge in [-0.1, -0.05) is 0 Å². The molecule has 2 aromatic carbocycles. The largest absolute Gasteiger partial charge is 0.508 e. The van der Waals surface area contributed by atoms with E-state index in [0.29, 0.717) is 5.56 Å². The SMILES string of the molecule is COC.O=c1c(O)c(-c2ccc(O)cc2)oc2cc(O)cc(O)c12. The van der Waals surface area contributed by atoms with Crippen LogP contribution in [0.1, 0.15) is 0 Å². The summed E-state index contributed by atoms with van der Waals surface area (Å²) in [6.07, 6.45) is 0. The second-order valence-electron chi connectivity index (χ2n) is 4.90. The van der Waals surface area contributed by atoms with E-state index in [1.54, 1.807) is 14.2 Å². The van der Waals surface area contributed by atoms with Crippen LogP contribution in [-0.2, 0) is 4.74 Å². The molecule has 24 heavy (non-hydrogen) atoms. The lowest BCUT2D eigenvalue weighted by Gasteiger charge is -2.07. The Balaban J connectivity index is 0.000000647. The second-order valence-corrected chi connectivity index (χ2v) is 4.90. The molecule has 0 unspecified atom stereocenters. The first-order chi connectivity index (χ1) is 11.4. The molecule has 3 aromatic rings. The number of aromatic hydroxyl groups is 4. The molecule has 0 atom stereocenters. The van der Waals surface area contributed by atoms with Gasteiger partial charge in [-0.25, -0.2) is 0 Å². The number of ether oxygens (including phenoxy) is 1. The van der Waals surface area contributed by atoms with Gasteiger partial charge in [0.2, 0.25) is 11.2 Å². The topological polar surface area (TPSA) is 120 Å². The minimum absolute atomic E-state index is 0.0247. The van der Waals surface area contributed by atoms with Crippen molar-refractivity contribution in [1.29, 1.82) is 0 Å². The van der Waals surface area contributed by atoms with Crippen LogP contribution in [0.5, 0.6) is 23.0 Å². The Bertz CT molecular complexity index is 911. The molecule has 3 rings (SSSR count). The first kappa shape index (κ1) is 17.2. The number of hydrogen-bond acceptors (Lipinski definition) is 7. The van der Waals surface area contributed by atoms with Crippen LogP contribution in [0.15, 0.2) is 45.6 Å². The molecule has 7 heteroatoms. The van der Waals surface area contributed by atoms with Crippen molar-refractivity contribution in [2.45, 2.75) is 0 Å². The normalized spacial score (nSPS) is 10.2. The van der Waals surface area contributed by atoms with E-state index in [-0.39, 0.29) is 28.2 Å². The number of phenols is 3. The van der Waals surface area contributed by atoms with Crippen molar-refractivity contribution in [2.75, 3.05) is 14.2 Å². The van der Waals surface area contributed by atoms with E-state index < -0.39 is 16.9 Å². The highest BCUT2D eigenvalue weighted by Gasteiger charge is 2.18. The summed E-state index contributed by atoms with van der Waals surface area (Å²) in [5, 5.41) is 38.1. The van der Waals surface area contributed by atoms with Gasteiger partial charge >= 0.3 is 0 Å². The third-order valence-corrected chi connectivity index (χ3v) is 3.06. The van der Waals surface area contributed by atoms with Crippen molar-refractivity contribution in [3.63, 3.8) is 0 Å². The van der Waals surface area contributed by atoms with Crippen molar-refractivity contribution in [1.82, 2.24) is 0 Å². The Hall–Kier alpha value is -3.19. The number of methoxy groups -OCH3 is 1. The standard InChI is InChI=1S/C15H10O6.C2H6O/c16-8-3-1-7(2-4-8)15-14(20)13(19)12-10(18)5-9(17)6-11(12)21-15;1-3-2/h1-6,16-18,20H;1-2H3. The van der Waals surface area contributed by atoms with Gasteiger partial charge in [0.05, 0.1) is 0 Å². The number of benzene rings is 2. The van der Waals surface area contributed by atoms with Crippen molar-refractivity contribution in [2.24, 2.45) is 0 Å². The zero-order valence-corrected chi connectivity index (χ0v) is 13.0. The highest BCUT2D eigenvalue weighted by atomic mass is 16.4. The van der Waals surface area contributed by atoms with E-state index in [4.69, 9.17) is 4.42 Å². The summed E-state index contributed by atoms with van der Waals surface area (Å²) in [7, 11) is 3.25. The molecule has 0 aliphatic heterocycles. The number of hydrogen-bond donors (Lipinski definition) is 4. The third-order valence-electron chi connectivity index (χ3n) is 3.06. The van der Waals surface area contributed by atoms with Crippen molar-refractivity contribution in [3.8, 4) is 34.3 Å². The summed E-state index contributed by atoms with van der Waals surface area (Å²) in [6.45, 7) is 0. The van der Waals surface area contributed by atoms with Crippen LogP contribution in [0.3, 0.4) is 0 Å². The Morgan fingerprint density at radius 2 is 1.50 bits per heavy atom. The molecule has 0 saturated heterocycles. The Morgan fingerprint density at radius 1 is 0.917 bits per heavy atom. The van der Waals surface area contributed by atoms with Gasteiger partial charge in [0, 0.05) is 31.9 Å². The average Bonchev–Trinajstić information content (AvgIpc) is 2.52. The monoisotopic (exact) mass is 332 g/mol. The van der Waals surface area contributed by atoms with Gasteiger partial charge in [-0.2, -0.15) is 0 Å². The molecule has 0 aliphatic rings. The Kier molecular flexibility index (Phi) is 4.96. The number of rotatable bonds is 1. The summed E-state index contributed by atoms with van der Waals surface area (Å²) in [5.74, 6) is -1.50. The lowest BCUT2D eigenvalue weighted by atomic mass is 10.1. The van der Waals surface area contributed by atoms with E-state index in [2.05, 4.69) is 4.74 Å². The fourth-order valence-electron chi connectivity index (χ4n) is 2.08. The smallest absolute Gasteiger partial charge is 0.238 e. The van der Waals surface area contributed by atoms with Crippen LogP contribution in [0, 0.1) is 0 Å². The number of phenolic OH excluding ortho intramolecular Hbond substituents is 3. The minimum Gasteiger partial charge on any atom is -0.508 e. The molecule has 1 heterocycles. The number of fused-ring (bicyclic) bond motifs is 1. The highest BCUT2D eigenvalue weighted by molar-refractivity contribution is 5.88. The first-order valence-corrected chi connectivity index (χ1v) is 6.80. The van der Waals surface area contributed by atoms with Crippen LogP contribution in [0.4, 0.5) is 0 Å². The lowest BCUT2D eigenvalue weighted by Crippen LogP contribution is -2.02. The molecule has 0 spiro atoms. The third kappa shape index (κ3) is 3.26. The van der Waals surface area contributed by atoms with Crippen molar-refractivity contribution >= 4 is 11.0 Å². The summed E-state index contributed by atoms with van der Waals surface area (Å²) >= 11 is 0. The van der Waals surface area contributed by atoms with E-state index >= 15 is 0 Å². The van der Waals surface area contributed by atoms with Crippen LogP contribution in [0.25, 0.3) is 22.3 Å². The molecule has 0 aliphatic carbocycles. The van der Waals surface area contributed by atoms with Crippen LogP contribution >= 0.6 is 0 Å². The van der Waals surface area contributed by atoms with E-state index in [1.807, 2.05) is 0 Å². The Labute approximate surface area is 136 Å². The summed E-state index contributed by atoms with van der Waals surface area (Å²) in [4.78, 5) is 12.1. The van der Waals surface area contributed by atoms with Gasteiger partial charge in [-0.3, -0.25) is 4.79 Å². The highest BCUT2D eigenvalue weighted by Crippen LogP contribution is 2.35. The molecule has 126 valence electrons. The van der Waals surface area contributed by atoms with Crippen molar-refractivity contribution < 1.29 is 29.6 Å². The van der Waals surface area contributed by atoms with E-state index in [0.717, 1.165) is 6.07 Å². The van der Waals surface area contributed by atoms with Gasteiger partial charge in [0.15, 0.2) is 5.76 Å². The summed E-state index contributed by atoms with van der Waals surface area (Å²) in [6, 6.07) is 7.82. The van der Waals surface area contributed by atoms with Gasteiger partial charge < -0.3 is 29.6 Å². The molecular formula is C17H16O7. The fraction of sp³-hybridized carbons (Fsp3) is 0.118. The van der Waals surface area contributed by atoms with Gasteiger partial charge in [0.1, 0.15) is 28.2 Å². The van der Waals surface area contributed by atoms with Crippen molar-refractivity contribution in [3.05, 3.63) is 46.6 Å². The van der Waals surface area contributed by atoms with Crippen LogP contribution in [-0.4, -0.2) is 34.6 Å². The molecule has 0 radical (unpaired) electrons. The minimum atomic E-state index is -0.808. The van der Waals surface area contributed by atoms with Gasteiger partial charge in [-0.05, 0) is 24.3 Å². The predicted octanol–water partition coefficient (Wildman–Crippen LogP) is 2.55. The van der Waals surface area contributed by atoms with Gasteiger partial charge in [0.25, 0.3) is 0 Å². The molecule has 7 nitrogen and oxygen atoms in total. The van der Waals surface area contributed by atoms with Crippen LogP contribution in [0.2, 0.25) is 0 Å². The molecular weight excluding hydrogens is 316 g/mol. The molecule has 0 saturated carbocycles. The zero-order chi connectivity index (χ0) is 17.9. The molecule has 1 aromatic heterocycles. The molecule has 4 N–H and O–H groups in total. The molecule has 0 bridgehead atoms. The Morgan fingerprint density at radius 3 is 2.08 bits per heavy atom.